The summed E-state index contributed by atoms with van der Waals surface area (Å²) in [5.41, 5.74) is 1.16. The van der Waals surface area contributed by atoms with Gasteiger partial charge in [0.25, 0.3) is 11.8 Å². The molecule has 0 radical (unpaired) electrons. The number of nitrogens with one attached hydrogen (secondary N) is 2. The molecule has 1 aromatic carbocycles. The van der Waals surface area contributed by atoms with Gasteiger partial charge in [-0.3, -0.25) is 14.6 Å². The first kappa shape index (κ1) is 17.0. The smallest absolute Gasteiger partial charge is 0.279 e. The third-order valence-corrected chi connectivity index (χ3v) is 4.20. The van der Waals surface area contributed by atoms with E-state index in [1.54, 1.807) is 29.4 Å². The normalized spacial score (nSPS) is 15.0. The number of rotatable bonds is 4. The van der Waals surface area contributed by atoms with Crippen LogP contribution in [0.2, 0.25) is 0 Å². The summed E-state index contributed by atoms with van der Waals surface area (Å²) in [5.74, 6) is -0.477. The van der Waals surface area contributed by atoms with Crippen molar-refractivity contribution in [2.75, 3.05) is 38.0 Å². The summed E-state index contributed by atoms with van der Waals surface area (Å²) in [6.07, 6.45) is 3.20. The number of aromatic nitrogens is 1. The van der Waals surface area contributed by atoms with Crippen molar-refractivity contribution in [2.45, 2.75) is 0 Å². The summed E-state index contributed by atoms with van der Waals surface area (Å²) in [6.45, 7) is 2.96. The van der Waals surface area contributed by atoms with Crippen LogP contribution in [-0.2, 0) is 4.79 Å². The van der Waals surface area contributed by atoms with Crippen molar-refractivity contribution in [3.63, 3.8) is 0 Å². The fourth-order valence-corrected chi connectivity index (χ4v) is 2.84. The Hall–Kier alpha value is -2.80. The van der Waals surface area contributed by atoms with Crippen LogP contribution >= 0.6 is 0 Å². The number of halogens is 1. The summed E-state index contributed by atoms with van der Waals surface area (Å²) in [4.78, 5) is 31.3. The molecule has 25 heavy (non-hydrogen) atoms. The molecule has 7 heteroatoms. The van der Waals surface area contributed by atoms with Gasteiger partial charge >= 0.3 is 0 Å². The molecule has 1 fully saturated rings. The number of piperazine rings is 1. The van der Waals surface area contributed by atoms with E-state index in [9.17, 15) is 14.0 Å². The van der Waals surface area contributed by atoms with Gasteiger partial charge in [-0.1, -0.05) is 0 Å². The molecule has 0 aliphatic carbocycles. The van der Waals surface area contributed by atoms with E-state index in [-0.39, 0.29) is 17.6 Å². The number of amides is 2. The van der Waals surface area contributed by atoms with Gasteiger partial charge < -0.3 is 15.1 Å². The number of carbonyl (C=O) groups excluding carboxylic acids is 2. The highest BCUT2D eigenvalue weighted by Gasteiger charge is 2.25. The van der Waals surface area contributed by atoms with Crippen LogP contribution in [0.25, 0.3) is 0 Å². The fraction of sp³-hybridized carbons (Fsp3) is 0.278. The number of quaternary nitrogens is 1. The van der Waals surface area contributed by atoms with E-state index in [0.717, 1.165) is 4.90 Å². The number of hydrogen-bond acceptors (Lipinski definition) is 3. The summed E-state index contributed by atoms with van der Waals surface area (Å²) >= 11 is 0. The Bertz CT molecular complexity index is 729. The summed E-state index contributed by atoms with van der Waals surface area (Å²) in [7, 11) is 0. The van der Waals surface area contributed by atoms with Gasteiger partial charge in [0.05, 0.1) is 31.7 Å². The lowest BCUT2D eigenvalue weighted by molar-refractivity contribution is -0.895. The largest absolute Gasteiger partial charge is 0.327 e. The Labute approximate surface area is 145 Å². The quantitative estimate of drug-likeness (QED) is 0.834. The van der Waals surface area contributed by atoms with E-state index in [4.69, 9.17) is 0 Å². The van der Waals surface area contributed by atoms with Crippen LogP contribution < -0.4 is 10.2 Å². The molecule has 0 spiro atoms. The average molecular weight is 343 g/mol. The number of nitrogens with zero attached hydrogens (tertiary/aromatic N) is 2. The van der Waals surface area contributed by atoms with Gasteiger partial charge in [0.1, 0.15) is 5.82 Å². The monoisotopic (exact) mass is 343 g/mol. The molecular formula is C18H20FN4O2+. The predicted octanol–water partition coefficient (Wildman–Crippen LogP) is 0.200. The Morgan fingerprint density at radius 3 is 2.52 bits per heavy atom. The molecule has 1 aromatic heterocycles. The van der Waals surface area contributed by atoms with Crippen molar-refractivity contribution < 1.29 is 18.9 Å². The highest BCUT2D eigenvalue weighted by Crippen LogP contribution is 2.07. The molecule has 130 valence electrons. The molecule has 2 N–H and O–H groups in total. The molecule has 1 aliphatic heterocycles. The van der Waals surface area contributed by atoms with E-state index in [2.05, 4.69) is 10.3 Å². The standard InChI is InChI=1S/C18H19FN4O2/c19-15-3-5-16(6-4-15)21-17(24)13-22-8-10-23(11-9-22)18(25)14-2-1-7-20-12-14/h1-7,12H,8-11,13H2,(H,21,24)/p+1. The molecule has 2 heterocycles. The maximum atomic E-state index is 12.9. The number of pyridine rings is 1. The Balaban J connectivity index is 1.46. The zero-order valence-corrected chi connectivity index (χ0v) is 13.7. The minimum Gasteiger partial charge on any atom is -0.327 e. The number of hydrogen-bond donors (Lipinski definition) is 2. The van der Waals surface area contributed by atoms with Gasteiger partial charge in [-0.25, -0.2) is 4.39 Å². The van der Waals surface area contributed by atoms with E-state index in [1.165, 1.54) is 24.3 Å². The molecule has 6 nitrogen and oxygen atoms in total. The number of anilines is 1. The molecular weight excluding hydrogens is 323 g/mol. The van der Waals surface area contributed by atoms with Crippen LogP contribution in [0.1, 0.15) is 10.4 Å². The Kier molecular flexibility index (Phi) is 5.35. The SMILES string of the molecule is O=C(C[NH+]1CCN(C(=O)c2cccnc2)CC1)Nc1ccc(F)cc1. The maximum absolute atomic E-state index is 12.9. The molecule has 0 unspecified atom stereocenters. The zero-order chi connectivity index (χ0) is 17.6. The lowest BCUT2D eigenvalue weighted by Crippen LogP contribution is -3.15. The van der Waals surface area contributed by atoms with Crippen molar-refractivity contribution in [2.24, 2.45) is 0 Å². The third-order valence-electron chi connectivity index (χ3n) is 4.20. The van der Waals surface area contributed by atoms with Crippen molar-refractivity contribution in [3.8, 4) is 0 Å². The molecule has 3 rings (SSSR count). The Morgan fingerprint density at radius 1 is 1.16 bits per heavy atom. The molecule has 2 aromatic rings. The molecule has 0 bridgehead atoms. The first-order valence-electron chi connectivity index (χ1n) is 8.20. The minimum atomic E-state index is -0.335. The van der Waals surface area contributed by atoms with Crippen LogP contribution in [0.5, 0.6) is 0 Å². The van der Waals surface area contributed by atoms with Crippen molar-refractivity contribution in [1.82, 2.24) is 9.88 Å². The van der Waals surface area contributed by atoms with Gasteiger partial charge in [-0.15, -0.1) is 0 Å². The second-order valence-corrected chi connectivity index (χ2v) is 6.02. The van der Waals surface area contributed by atoms with E-state index in [1.807, 2.05) is 0 Å². The van der Waals surface area contributed by atoms with E-state index in [0.29, 0.717) is 44.0 Å². The molecule has 1 saturated heterocycles. The first-order valence-corrected chi connectivity index (χ1v) is 8.20. The predicted molar refractivity (Wildman–Crippen MR) is 90.7 cm³/mol. The summed E-state index contributed by atoms with van der Waals surface area (Å²) in [6, 6.07) is 9.19. The topological polar surface area (TPSA) is 66.7 Å². The highest BCUT2D eigenvalue weighted by atomic mass is 19.1. The van der Waals surface area contributed by atoms with Gasteiger partial charge in [-0.2, -0.15) is 0 Å². The lowest BCUT2D eigenvalue weighted by Gasteiger charge is -2.31. The minimum absolute atomic E-state index is 0.0251. The molecule has 1 aliphatic rings. The van der Waals surface area contributed by atoms with Crippen molar-refractivity contribution >= 4 is 17.5 Å². The summed E-state index contributed by atoms with van der Waals surface area (Å²) < 4.78 is 12.9. The molecule has 0 atom stereocenters. The first-order chi connectivity index (χ1) is 12.1. The maximum Gasteiger partial charge on any atom is 0.279 e. The summed E-state index contributed by atoms with van der Waals surface area (Å²) in [5, 5.41) is 2.76. The van der Waals surface area contributed by atoms with E-state index < -0.39 is 0 Å². The Morgan fingerprint density at radius 2 is 1.88 bits per heavy atom. The number of carbonyl (C=O) groups is 2. The van der Waals surface area contributed by atoms with Crippen LogP contribution in [0.4, 0.5) is 10.1 Å². The number of benzene rings is 1. The van der Waals surface area contributed by atoms with Gasteiger partial charge in [0.15, 0.2) is 6.54 Å². The van der Waals surface area contributed by atoms with Gasteiger partial charge in [-0.05, 0) is 36.4 Å². The van der Waals surface area contributed by atoms with Gasteiger partial charge in [0.2, 0.25) is 0 Å². The van der Waals surface area contributed by atoms with Crippen LogP contribution in [0, 0.1) is 5.82 Å². The van der Waals surface area contributed by atoms with Crippen LogP contribution in [0.15, 0.2) is 48.8 Å². The lowest BCUT2D eigenvalue weighted by atomic mass is 10.2. The second-order valence-electron chi connectivity index (χ2n) is 6.02. The highest BCUT2D eigenvalue weighted by molar-refractivity contribution is 5.94. The molecule has 0 saturated carbocycles. The second kappa shape index (κ2) is 7.85. The van der Waals surface area contributed by atoms with Crippen molar-refractivity contribution in [3.05, 3.63) is 60.2 Å². The average Bonchev–Trinajstić information content (AvgIpc) is 2.64. The third kappa shape index (κ3) is 4.60. The van der Waals surface area contributed by atoms with Crippen LogP contribution in [-0.4, -0.2) is 54.4 Å². The van der Waals surface area contributed by atoms with Gasteiger partial charge in [0, 0.05) is 18.1 Å². The van der Waals surface area contributed by atoms with E-state index >= 15 is 0 Å². The van der Waals surface area contributed by atoms with Crippen LogP contribution in [0.3, 0.4) is 0 Å². The molecule has 2 amide bonds. The van der Waals surface area contributed by atoms with Crippen molar-refractivity contribution in [1.29, 1.82) is 0 Å². The fourth-order valence-electron chi connectivity index (χ4n) is 2.84. The zero-order valence-electron chi connectivity index (χ0n) is 13.7.